The average molecular weight is 316 g/mol. The molecule has 1 aliphatic heterocycles. The fourth-order valence-electron chi connectivity index (χ4n) is 3.30. The molecule has 4 nitrogen and oxygen atoms in total. The number of rotatable bonds is 6. The Morgan fingerprint density at radius 2 is 2.09 bits per heavy atom. The lowest BCUT2D eigenvalue weighted by Crippen LogP contribution is -2.45. The molecule has 0 unspecified atom stereocenters. The van der Waals surface area contributed by atoms with E-state index in [1.54, 1.807) is 0 Å². The second-order valence-corrected chi connectivity index (χ2v) is 6.83. The molecule has 4 heteroatoms. The molecule has 1 heterocycles. The third-order valence-corrected chi connectivity index (χ3v) is 5.01. The number of nitrogens with zero attached hydrogens (tertiary/aromatic N) is 2. The van der Waals surface area contributed by atoms with Crippen LogP contribution in [0.25, 0.3) is 0 Å². The van der Waals surface area contributed by atoms with E-state index in [-0.39, 0.29) is 5.92 Å². The number of amides is 1. The predicted octanol–water partition coefficient (Wildman–Crippen LogP) is 2.46. The minimum atomic E-state index is 0.268. The summed E-state index contributed by atoms with van der Waals surface area (Å²) in [4.78, 5) is 17.3. The molecule has 23 heavy (non-hydrogen) atoms. The van der Waals surface area contributed by atoms with Gasteiger partial charge in [-0.1, -0.05) is 36.2 Å². The highest BCUT2D eigenvalue weighted by atomic mass is 16.5. The van der Waals surface area contributed by atoms with Crippen LogP contribution in [0.3, 0.4) is 0 Å². The summed E-state index contributed by atoms with van der Waals surface area (Å²) in [7, 11) is 0. The molecule has 0 atom stereocenters. The minimum Gasteiger partial charge on any atom is -0.379 e. The van der Waals surface area contributed by atoms with Crippen molar-refractivity contribution >= 4 is 5.91 Å². The first kappa shape index (κ1) is 16.5. The maximum Gasteiger partial charge on any atom is 0.226 e. The Labute approximate surface area is 139 Å². The number of ether oxygens (including phenoxy) is 1. The van der Waals surface area contributed by atoms with E-state index in [1.807, 2.05) is 0 Å². The Morgan fingerprint density at radius 3 is 2.74 bits per heavy atom. The minimum absolute atomic E-state index is 0.268. The molecule has 1 saturated carbocycles. The maximum absolute atomic E-state index is 12.8. The van der Waals surface area contributed by atoms with Crippen LogP contribution in [0.5, 0.6) is 0 Å². The second kappa shape index (κ2) is 7.93. The molecule has 126 valence electrons. The van der Waals surface area contributed by atoms with Crippen LogP contribution in [0.15, 0.2) is 24.3 Å². The predicted molar refractivity (Wildman–Crippen MR) is 91.2 cm³/mol. The van der Waals surface area contributed by atoms with Crippen molar-refractivity contribution in [2.75, 3.05) is 39.4 Å². The second-order valence-electron chi connectivity index (χ2n) is 6.83. The number of hydrogen-bond donors (Lipinski definition) is 0. The van der Waals surface area contributed by atoms with Crippen LogP contribution in [0.2, 0.25) is 0 Å². The van der Waals surface area contributed by atoms with Gasteiger partial charge in [-0.15, -0.1) is 0 Å². The first-order chi connectivity index (χ1) is 11.2. The number of hydrogen-bond acceptors (Lipinski definition) is 3. The lowest BCUT2D eigenvalue weighted by molar-refractivity contribution is -0.139. The fourth-order valence-corrected chi connectivity index (χ4v) is 3.30. The summed E-state index contributed by atoms with van der Waals surface area (Å²) >= 11 is 0. The van der Waals surface area contributed by atoms with Gasteiger partial charge in [0.25, 0.3) is 0 Å². The molecular formula is C19H28N2O2. The van der Waals surface area contributed by atoms with E-state index < -0.39 is 0 Å². The van der Waals surface area contributed by atoms with Gasteiger partial charge >= 0.3 is 0 Å². The van der Waals surface area contributed by atoms with Gasteiger partial charge in [-0.2, -0.15) is 0 Å². The van der Waals surface area contributed by atoms with Crippen LogP contribution in [0.1, 0.15) is 30.4 Å². The quantitative estimate of drug-likeness (QED) is 0.808. The van der Waals surface area contributed by atoms with Gasteiger partial charge in [0.15, 0.2) is 0 Å². The van der Waals surface area contributed by atoms with Gasteiger partial charge in [0.1, 0.15) is 0 Å². The van der Waals surface area contributed by atoms with Crippen molar-refractivity contribution in [3.63, 3.8) is 0 Å². The van der Waals surface area contributed by atoms with E-state index >= 15 is 0 Å². The zero-order valence-corrected chi connectivity index (χ0v) is 14.2. The zero-order chi connectivity index (χ0) is 16.1. The van der Waals surface area contributed by atoms with Crippen LogP contribution in [-0.4, -0.2) is 55.1 Å². The van der Waals surface area contributed by atoms with E-state index in [0.717, 1.165) is 58.8 Å². The molecular weight excluding hydrogens is 288 g/mol. The van der Waals surface area contributed by atoms with Crippen LogP contribution in [0, 0.1) is 12.8 Å². The highest BCUT2D eigenvalue weighted by molar-refractivity contribution is 5.79. The monoisotopic (exact) mass is 316 g/mol. The van der Waals surface area contributed by atoms with Crippen molar-refractivity contribution in [2.24, 2.45) is 5.92 Å². The number of carbonyl (C=O) groups excluding carboxylic acids is 1. The normalized spacial score (nSPS) is 19.3. The van der Waals surface area contributed by atoms with Gasteiger partial charge < -0.3 is 9.64 Å². The van der Waals surface area contributed by atoms with Crippen LogP contribution in [0.4, 0.5) is 0 Å². The highest BCUT2D eigenvalue weighted by Crippen LogP contribution is 2.28. The third-order valence-electron chi connectivity index (χ3n) is 5.01. The summed E-state index contributed by atoms with van der Waals surface area (Å²) < 4.78 is 5.41. The van der Waals surface area contributed by atoms with E-state index in [9.17, 15) is 4.79 Å². The molecule has 0 spiro atoms. The summed E-state index contributed by atoms with van der Waals surface area (Å²) in [6.45, 7) is 8.21. The van der Waals surface area contributed by atoms with Gasteiger partial charge in [0.05, 0.1) is 13.2 Å². The van der Waals surface area contributed by atoms with E-state index in [4.69, 9.17) is 4.74 Å². The highest BCUT2D eigenvalue weighted by Gasteiger charge is 2.29. The Kier molecular flexibility index (Phi) is 5.68. The maximum atomic E-state index is 12.8. The largest absolute Gasteiger partial charge is 0.379 e. The van der Waals surface area contributed by atoms with E-state index in [1.165, 1.54) is 17.5 Å². The van der Waals surface area contributed by atoms with Crippen molar-refractivity contribution in [1.29, 1.82) is 0 Å². The Bertz CT molecular complexity index is 522. The van der Waals surface area contributed by atoms with E-state index in [2.05, 4.69) is 41.0 Å². The molecule has 1 amide bonds. The Hall–Kier alpha value is -1.39. The van der Waals surface area contributed by atoms with Crippen LogP contribution < -0.4 is 0 Å². The summed E-state index contributed by atoms with van der Waals surface area (Å²) in [6, 6.07) is 8.51. The molecule has 2 aliphatic rings. The first-order valence-corrected chi connectivity index (χ1v) is 8.87. The van der Waals surface area contributed by atoms with Gasteiger partial charge in [-0.3, -0.25) is 9.69 Å². The van der Waals surface area contributed by atoms with Crippen molar-refractivity contribution in [3.8, 4) is 0 Å². The molecule has 0 aromatic heterocycles. The van der Waals surface area contributed by atoms with Gasteiger partial charge in [-0.25, -0.2) is 0 Å². The molecule has 0 N–H and O–H groups in total. The third kappa shape index (κ3) is 4.55. The van der Waals surface area contributed by atoms with Crippen molar-refractivity contribution < 1.29 is 9.53 Å². The van der Waals surface area contributed by atoms with Crippen molar-refractivity contribution in [2.45, 2.75) is 32.7 Å². The summed E-state index contributed by atoms with van der Waals surface area (Å²) in [5.74, 6) is 0.621. The zero-order valence-electron chi connectivity index (χ0n) is 14.2. The van der Waals surface area contributed by atoms with Crippen molar-refractivity contribution in [3.05, 3.63) is 35.4 Å². The molecule has 2 fully saturated rings. The lowest BCUT2D eigenvalue weighted by atomic mass is 9.84. The molecule has 0 bridgehead atoms. The first-order valence-electron chi connectivity index (χ1n) is 8.87. The molecule has 1 aromatic carbocycles. The lowest BCUT2D eigenvalue weighted by Gasteiger charge is -2.34. The smallest absolute Gasteiger partial charge is 0.226 e. The van der Waals surface area contributed by atoms with Gasteiger partial charge in [0.2, 0.25) is 5.91 Å². The summed E-state index contributed by atoms with van der Waals surface area (Å²) in [6.07, 6.45) is 3.35. The standard InChI is InChI=1S/C19H28N2O2/c1-16-4-2-5-17(14-16)15-21(19(22)18-6-3-7-18)9-8-20-10-12-23-13-11-20/h2,4-5,14,18H,3,6-13,15H2,1H3. The number of aryl methyl sites for hydroxylation is 1. The van der Waals surface area contributed by atoms with Crippen LogP contribution in [-0.2, 0) is 16.1 Å². The summed E-state index contributed by atoms with van der Waals surface area (Å²) in [5, 5.41) is 0. The Morgan fingerprint density at radius 1 is 1.30 bits per heavy atom. The molecule has 1 saturated heterocycles. The molecule has 0 radical (unpaired) electrons. The Balaban J connectivity index is 1.61. The van der Waals surface area contributed by atoms with Crippen LogP contribution >= 0.6 is 0 Å². The number of carbonyl (C=O) groups is 1. The molecule has 1 aromatic rings. The van der Waals surface area contributed by atoms with E-state index in [0.29, 0.717) is 5.91 Å². The van der Waals surface area contributed by atoms with Crippen molar-refractivity contribution in [1.82, 2.24) is 9.80 Å². The molecule has 1 aliphatic carbocycles. The van der Waals surface area contributed by atoms with Gasteiger partial charge in [0, 0.05) is 38.6 Å². The average Bonchev–Trinajstić information content (AvgIpc) is 2.50. The fraction of sp³-hybridized carbons (Fsp3) is 0.632. The topological polar surface area (TPSA) is 32.8 Å². The number of benzene rings is 1. The number of morpholine rings is 1. The summed E-state index contributed by atoms with van der Waals surface area (Å²) in [5.41, 5.74) is 2.49. The SMILES string of the molecule is Cc1cccc(CN(CCN2CCOCC2)C(=O)C2CCC2)c1. The molecule has 3 rings (SSSR count). The van der Waals surface area contributed by atoms with Gasteiger partial charge in [-0.05, 0) is 25.3 Å².